The number of carbonyl (C=O) groups excluding carboxylic acids is 1. The van der Waals surface area contributed by atoms with Crippen LogP contribution in [0.1, 0.15) is 19.4 Å². The number of esters is 1. The van der Waals surface area contributed by atoms with Gasteiger partial charge in [-0.2, -0.15) is 0 Å². The van der Waals surface area contributed by atoms with Crippen LogP contribution in [0, 0.1) is 11.8 Å². The molecule has 29 heavy (non-hydrogen) atoms. The zero-order valence-electron chi connectivity index (χ0n) is 17.6. The van der Waals surface area contributed by atoms with Gasteiger partial charge in [-0.3, -0.25) is 9.79 Å². The van der Waals surface area contributed by atoms with Gasteiger partial charge in [-0.25, -0.2) is 4.98 Å². The third-order valence-corrected chi connectivity index (χ3v) is 5.45. The molecule has 162 valence electrons. The number of methoxy groups -OCH3 is 1. The van der Waals surface area contributed by atoms with Crippen molar-refractivity contribution in [1.82, 2.24) is 15.2 Å². The maximum absolute atomic E-state index is 11.9. The number of pyridine rings is 1. The fourth-order valence-electron chi connectivity index (χ4n) is 3.85. The van der Waals surface area contributed by atoms with Crippen molar-refractivity contribution in [2.45, 2.75) is 26.5 Å². The van der Waals surface area contributed by atoms with Crippen molar-refractivity contribution in [3.63, 3.8) is 0 Å². The van der Waals surface area contributed by atoms with Crippen LogP contribution in [0.5, 0.6) is 0 Å². The molecule has 3 rings (SSSR count). The molecule has 2 saturated heterocycles. The number of guanidine groups is 1. The molecule has 1 N–H and O–H groups in total. The minimum atomic E-state index is -0.150. The first-order chi connectivity index (χ1) is 13.5. The molecule has 0 spiro atoms. The van der Waals surface area contributed by atoms with E-state index in [2.05, 4.69) is 51.1 Å². The van der Waals surface area contributed by atoms with Crippen LogP contribution in [0.4, 0.5) is 5.82 Å². The van der Waals surface area contributed by atoms with Crippen LogP contribution in [-0.4, -0.2) is 74.9 Å². The number of halogens is 1. The highest BCUT2D eigenvalue weighted by Crippen LogP contribution is 2.24. The van der Waals surface area contributed by atoms with E-state index >= 15 is 0 Å². The average molecular weight is 517 g/mol. The van der Waals surface area contributed by atoms with Crippen molar-refractivity contribution in [2.75, 3.05) is 51.8 Å². The number of carbonyl (C=O) groups is 1. The molecule has 2 aliphatic heterocycles. The van der Waals surface area contributed by atoms with Crippen molar-refractivity contribution in [2.24, 2.45) is 16.8 Å². The van der Waals surface area contributed by atoms with Crippen LogP contribution in [0.25, 0.3) is 0 Å². The molecule has 0 bridgehead atoms. The van der Waals surface area contributed by atoms with Crippen LogP contribution in [-0.2, 0) is 20.8 Å². The molecular weight excluding hydrogens is 485 g/mol. The molecule has 1 aromatic heterocycles. The smallest absolute Gasteiger partial charge is 0.310 e. The lowest BCUT2D eigenvalue weighted by atomic mass is 9.99. The number of ether oxygens (including phenoxy) is 2. The van der Waals surface area contributed by atoms with E-state index in [1.54, 1.807) is 7.05 Å². The predicted octanol–water partition coefficient (Wildman–Crippen LogP) is 1.74. The first kappa shape index (κ1) is 23.7. The van der Waals surface area contributed by atoms with E-state index < -0.39 is 0 Å². The van der Waals surface area contributed by atoms with E-state index in [0.717, 1.165) is 43.6 Å². The Balaban J connectivity index is 0.00000300. The summed E-state index contributed by atoms with van der Waals surface area (Å²) in [5, 5.41) is 3.38. The molecule has 0 saturated carbocycles. The Labute approximate surface area is 190 Å². The van der Waals surface area contributed by atoms with Crippen LogP contribution < -0.4 is 10.2 Å². The Kier molecular flexibility index (Phi) is 8.94. The van der Waals surface area contributed by atoms with Crippen molar-refractivity contribution >= 4 is 41.7 Å². The number of aromatic nitrogens is 1. The maximum Gasteiger partial charge on any atom is 0.310 e. The number of hydrogen-bond donors (Lipinski definition) is 1. The topological polar surface area (TPSA) is 79.3 Å². The van der Waals surface area contributed by atoms with Gasteiger partial charge >= 0.3 is 5.97 Å². The molecule has 0 radical (unpaired) electrons. The van der Waals surface area contributed by atoms with Gasteiger partial charge in [0, 0.05) is 46.0 Å². The largest absolute Gasteiger partial charge is 0.469 e. The van der Waals surface area contributed by atoms with E-state index in [1.807, 2.05) is 6.20 Å². The van der Waals surface area contributed by atoms with Gasteiger partial charge in [-0.15, -0.1) is 24.0 Å². The fraction of sp³-hybridized carbons (Fsp3) is 0.650. The lowest BCUT2D eigenvalue weighted by Crippen LogP contribution is -2.41. The molecule has 2 fully saturated rings. The number of rotatable bonds is 4. The van der Waals surface area contributed by atoms with Gasteiger partial charge in [0.2, 0.25) is 0 Å². The third kappa shape index (κ3) is 5.94. The Bertz CT molecular complexity index is 700. The van der Waals surface area contributed by atoms with Crippen molar-refractivity contribution in [3.8, 4) is 0 Å². The predicted molar refractivity (Wildman–Crippen MR) is 124 cm³/mol. The quantitative estimate of drug-likeness (QED) is 0.282. The highest BCUT2D eigenvalue weighted by atomic mass is 127. The molecule has 3 unspecified atom stereocenters. The van der Waals surface area contributed by atoms with E-state index in [9.17, 15) is 4.79 Å². The monoisotopic (exact) mass is 517 g/mol. The van der Waals surface area contributed by atoms with Gasteiger partial charge in [0.15, 0.2) is 5.96 Å². The van der Waals surface area contributed by atoms with Gasteiger partial charge in [-0.05, 0) is 24.5 Å². The molecule has 2 aliphatic rings. The summed E-state index contributed by atoms with van der Waals surface area (Å²) < 4.78 is 10.5. The Morgan fingerprint density at radius 1 is 1.34 bits per heavy atom. The zero-order valence-corrected chi connectivity index (χ0v) is 20.0. The second-order valence-corrected chi connectivity index (χ2v) is 7.56. The van der Waals surface area contributed by atoms with Gasteiger partial charge in [0.05, 0.1) is 25.7 Å². The minimum Gasteiger partial charge on any atom is -0.469 e. The highest BCUT2D eigenvalue weighted by molar-refractivity contribution is 14.0. The van der Waals surface area contributed by atoms with Crippen LogP contribution in [0.2, 0.25) is 0 Å². The van der Waals surface area contributed by atoms with E-state index in [-0.39, 0.29) is 47.9 Å². The first-order valence-electron chi connectivity index (χ1n) is 9.86. The summed E-state index contributed by atoms with van der Waals surface area (Å²) in [6.45, 7) is 8.67. The number of nitrogens with one attached hydrogen (secondary N) is 1. The first-order valence-corrected chi connectivity index (χ1v) is 9.86. The highest BCUT2D eigenvalue weighted by Gasteiger charge is 2.36. The van der Waals surface area contributed by atoms with Crippen molar-refractivity contribution in [1.29, 1.82) is 0 Å². The molecule has 1 aromatic rings. The second-order valence-electron chi connectivity index (χ2n) is 7.56. The van der Waals surface area contributed by atoms with Gasteiger partial charge in [0.1, 0.15) is 5.82 Å². The van der Waals surface area contributed by atoms with Gasteiger partial charge < -0.3 is 24.6 Å². The number of anilines is 1. The van der Waals surface area contributed by atoms with Crippen molar-refractivity contribution < 1.29 is 14.3 Å². The number of morpholine rings is 1. The normalized spacial score (nSPS) is 24.8. The second kappa shape index (κ2) is 11.0. The van der Waals surface area contributed by atoms with Gasteiger partial charge in [0.25, 0.3) is 0 Å². The number of aliphatic imine (C=N–C) groups is 1. The summed E-state index contributed by atoms with van der Waals surface area (Å²) in [6.07, 6.45) is 2.14. The number of hydrogen-bond acceptors (Lipinski definition) is 6. The Morgan fingerprint density at radius 2 is 2.14 bits per heavy atom. The van der Waals surface area contributed by atoms with Crippen LogP contribution in [0.15, 0.2) is 23.3 Å². The average Bonchev–Trinajstić information content (AvgIpc) is 3.10. The number of likely N-dealkylation sites (tertiary alicyclic amines) is 1. The molecule has 3 atom stereocenters. The maximum atomic E-state index is 11.9. The molecular formula is C20H32IN5O3. The molecule has 3 heterocycles. The standard InChI is InChI=1S/C20H31N5O3.HI/c1-14-11-25(13-17(14)19(26)27-4)20(21-3)23-10-16-5-6-18(22-9-16)24-7-8-28-15(2)12-24;/h5-6,9,14-15,17H,7-8,10-13H2,1-4H3,(H,21,23);1H. The summed E-state index contributed by atoms with van der Waals surface area (Å²) in [5.74, 6) is 1.76. The summed E-state index contributed by atoms with van der Waals surface area (Å²) in [4.78, 5) is 25.3. The summed E-state index contributed by atoms with van der Waals surface area (Å²) in [5.41, 5.74) is 1.09. The Morgan fingerprint density at radius 3 is 2.76 bits per heavy atom. The van der Waals surface area contributed by atoms with E-state index in [4.69, 9.17) is 9.47 Å². The van der Waals surface area contributed by atoms with E-state index in [1.165, 1.54) is 7.11 Å². The Hall–Kier alpha value is -1.62. The van der Waals surface area contributed by atoms with Crippen LogP contribution >= 0.6 is 24.0 Å². The van der Waals surface area contributed by atoms with Crippen molar-refractivity contribution in [3.05, 3.63) is 23.9 Å². The molecule has 9 heteroatoms. The van der Waals surface area contributed by atoms with E-state index in [0.29, 0.717) is 13.1 Å². The molecule has 0 amide bonds. The van der Waals surface area contributed by atoms with Gasteiger partial charge in [-0.1, -0.05) is 13.0 Å². The lowest BCUT2D eigenvalue weighted by molar-refractivity contribution is -0.145. The minimum absolute atomic E-state index is 0. The zero-order chi connectivity index (χ0) is 20.1. The SMILES string of the molecule is CN=C(NCc1ccc(N2CCOC(C)C2)nc1)N1CC(C)C(C(=O)OC)C1.I. The molecule has 0 aliphatic carbocycles. The summed E-state index contributed by atoms with van der Waals surface area (Å²) in [7, 11) is 3.21. The number of nitrogens with zero attached hydrogens (tertiary/aromatic N) is 4. The fourth-order valence-corrected chi connectivity index (χ4v) is 3.85. The summed E-state index contributed by atoms with van der Waals surface area (Å²) >= 11 is 0. The lowest BCUT2D eigenvalue weighted by Gasteiger charge is -2.32. The molecule has 8 nitrogen and oxygen atoms in total. The van der Waals surface area contributed by atoms with Crippen LogP contribution in [0.3, 0.4) is 0 Å². The summed E-state index contributed by atoms with van der Waals surface area (Å²) in [6, 6.07) is 4.15. The third-order valence-electron chi connectivity index (χ3n) is 5.45. The molecule has 0 aromatic carbocycles.